The van der Waals surface area contributed by atoms with Crippen LogP contribution in [0.5, 0.6) is 5.75 Å². The number of carbonyl (C=O) groups is 1. The van der Waals surface area contributed by atoms with E-state index in [4.69, 9.17) is 4.74 Å². The summed E-state index contributed by atoms with van der Waals surface area (Å²) in [5.41, 5.74) is 0.0823. The zero-order valence-electron chi connectivity index (χ0n) is 13.5. The minimum Gasteiger partial charge on any atom is -0.492 e. The first-order valence-electron chi connectivity index (χ1n) is 7.57. The van der Waals surface area contributed by atoms with E-state index < -0.39 is 0 Å². The summed E-state index contributed by atoms with van der Waals surface area (Å²) in [6.07, 6.45) is 0. The Morgan fingerprint density at radius 3 is 2.50 bits per heavy atom. The number of benzene rings is 2. The highest BCUT2D eigenvalue weighted by atomic mass is 16.5. The molecule has 0 radical (unpaired) electrons. The quantitative estimate of drug-likeness (QED) is 0.829. The highest BCUT2D eigenvalue weighted by Crippen LogP contribution is 2.20. The topological polar surface area (TPSA) is 50.4 Å². The van der Waals surface area contributed by atoms with Crippen LogP contribution in [-0.4, -0.2) is 25.7 Å². The SMILES string of the molecule is CC(C)(C)CNC(=O)NCCOc1ccc2ccccc2c1. The van der Waals surface area contributed by atoms with Crippen LogP contribution in [0.4, 0.5) is 4.79 Å². The van der Waals surface area contributed by atoms with Gasteiger partial charge >= 0.3 is 6.03 Å². The summed E-state index contributed by atoms with van der Waals surface area (Å²) < 4.78 is 5.67. The van der Waals surface area contributed by atoms with Crippen molar-refractivity contribution in [3.63, 3.8) is 0 Å². The lowest BCUT2D eigenvalue weighted by molar-refractivity contribution is 0.231. The second-order valence-corrected chi connectivity index (χ2v) is 6.53. The lowest BCUT2D eigenvalue weighted by atomic mass is 9.97. The van der Waals surface area contributed by atoms with Crippen LogP contribution >= 0.6 is 0 Å². The number of amides is 2. The van der Waals surface area contributed by atoms with E-state index in [0.717, 1.165) is 11.1 Å². The molecule has 4 nitrogen and oxygen atoms in total. The minimum atomic E-state index is -0.156. The summed E-state index contributed by atoms with van der Waals surface area (Å²) in [7, 11) is 0. The molecule has 2 N–H and O–H groups in total. The molecule has 0 aliphatic rings. The van der Waals surface area contributed by atoms with Gasteiger partial charge in [0.05, 0.1) is 6.54 Å². The third-order valence-electron chi connectivity index (χ3n) is 3.16. The van der Waals surface area contributed by atoms with Crippen LogP contribution in [0.3, 0.4) is 0 Å². The molecule has 4 heteroatoms. The van der Waals surface area contributed by atoms with Gasteiger partial charge in [-0.2, -0.15) is 0 Å². The first kappa shape index (κ1) is 16.1. The molecule has 118 valence electrons. The standard InChI is InChI=1S/C18H24N2O2/c1-18(2,3)13-20-17(21)19-10-11-22-16-9-8-14-6-4-5-7-15(14)12-16/h4-9,12H,10-11,13H2,1-3H3,(H2,19,20,21). The van der Waals surface area contributed by atoms with Crippen LogP contribution in [0, 0.1) is 5.41 Å². The number of nitrogens with one attached hydrogen (secondary N) is 2. The number of urea groups is 1. The van der Waals surface area contributed by atoms with E-state index in [9.17, 15) is 4.79 Å². The van der Waals surface area contributed by atoms with Crippen LogP contribution in [-0.2, 0) is 0 Å². The normalized spacial score (nSPS) is 11.2. The molecule has 2 rings (SSSR count). The minimum absolute atomic E-state index is 0.0823. The molecule has 22 heavy (non-hydrogen) atoms. The molecule has 0 atom stereocenters. The van der Waals surface area contributed by atoms with E-state index in [1.165, 1.54) is 5.39 Å². The number of ether oxygens (including phenoxy) is 1. The maximum absolute atomic E-state index is 11.6. The highest BCUT2D eigenvalue weighted by molar-refractivity contribution is 5.83. The zero-order chi connectivity index (χ0) is 16.0. The van der Waals surface area contributed by atoms with E-state index in [1.54, 1.807) is 0 Å². The molecule has 0 fully saturated rings. The molecule has 2 aromatic carbocycles. The number of hydrogen-bond acceptors (Lipinski definition) is 2. The molecule has 0 aliphatic heterocycles. The van der Waals surface area contributed by atoms with Gasteiger partial charge in [0.25, 0.3) is 0 Å². The Bertz CT molecular complexity index is 632. The van der Waals surface area contributed by atoms with Gasteiger partial charge in [0.15, 0.2) is 0 Å². The number of rotatable bonds is 5. The van der Waals surface area contributed by atoms with Gasteiger partial charge in [-0.15, -0.1) is 0 Å². The van der Waals surface area contributed by atoms with Crippen LogP contribution in [0.1, 0.15) is 20.8 Å². The molecule has 2 amide bonds. The molecule has 0 saturated carbocycles. The third kappa shape index (κ3) is 5.28. The zero-order valence-corrected chi connectivity index (χ0v) is 13.5. The van der Waals surface area contributed by atoms with Gasteiger partial charge in [0.1, 0.15) is 12.4 Å². The van der Waals surface area contributed by atoms with Gasteiger partial charge < -0.3 is 15.4 Å². The molecule has 0 spiro atoms. The molecular formula is C18H24N2O2. The van der Waals surface area contributed by atoms with Crippen molar-refractivity contribution in [3.8, 4) is 5.75 Å². The third-order valence-corrected chi connectivity index (χ3v) is 3.16. The lowest BCUT2D eigenvalue weighted by Crippen LogP contribution is -2.41. The van der Waals surface area contributed by atoms with Crippen molar-refractivity contribution in [3.05, 3.63) is 42.5 Å². The van der Waals surface area contributed by atoms with E-state index >= 15 is 0 Å². The molecule has 0 heterocycles. The Balaban J connectivity index is 1.72. The van der Waals surface area contributed by atoms with Crippen molar-refractivity contribution in [1.29, 1.82) is 0 Å². The fourth-order valence-corrected chi connectivity index (χ4v) is 2.00. The highest BCUT2D eigenvalue weighted by Gasteiger charge is 2.11. The van der Waals surface area contributed by atoms with Crippen LogP contribution in [0.2, 0.25) is 0 Å². The average molecular weight is 300 g/mol. The van der Waals surface area contributed by atoms with Gasteiger partial charge in [0, 0.05) is 6.54 Å². The first-order valence-corrected chi connectivity index (χ1v) is 7.57. The van der Waals surface area contributed by atoms with E-state index in [-0.39, 0.29) is 11.4 Å². The van der Waals surface area contributed by atoms with Crippen molar-refractivity contribution in [2.45, 2.75) is 20.8 Å². The number of carbonyl (C=O) groups excluding carboxylic acids is 1. The summed E-state index contributed by atoms with van der Waals surface area (Å²) in [4.78, 5) is 11.6. The van der Waals surface area contributed by atoms with Crippen molar-refractivity contribution in [2.24, 2.45) is 5.41 Å². The number of hydrogen-bond donors (Lipinski definition) is 2. The van der Waals surface area contributed by atoms with Gasteiger partial charge in [-0.1, -0.05) is 51.1 Å². The molecule has 0 unspecified atom stereocenters. The summed E-state index contributed by atoms with van der Waals surface area (Å²) in [6, 6.07) is 14.0. The molecular weight excluding hydrogens is 276 g/mol. The van der Waals surface area contributed by atoms with E-state index in [0.29, 0.717) is 19.7 Å². The molecule has 0 aliphatic carbocycles. The fraction of sp³-hybridized carbons (Fsp3) is 0.389. The van der Waals surface area contributed by atoms with Crippen LogP contribution in [0.25, 0.3) is 10.8 Å². The first-order chi connectivity index (χ1) is 10.4. The monoisotopic (exact) mass is 300 g/mol. The molecule has 0 aromatic heterocycles. The van der Waals surface area contributed by atoms with Crippen molar-refractivity contribution < 1.29 is 9.53 Å². The fourth-order valence-electron chi connectivity index (χ4n) is 2.00. The maximum atomic E-state index is 11.6. The Morgan fingerprint density at radius 1 is 1.05 bits per heavy atom. The molecule has 0 bridgehead atoms. The van der Waals surface area contributed by atoms with E-state index in [2.05, 4.69) is 43.5 Å². The van der Waals surface area contributed by atoms with Gasteiger partial charge in [0.2, 0.25) is 0 Å². The summed E-state index contributed by atoms with van der Waals surface area (Å²) >= 11 is 0. The Labute approximate surface area is 131 Å². The smallest absolute Gasteiger partial charge is 0.314 e. The van der Waals surface area contributed by atoms with E-state index in [1.807, 2.05) is 30.3 Å². The summed E-state index contributed by atoms with van der Waals surface area (Å²) in [5.74, 6) is 0.815. The van der Waals surface area contributed by atoms with Crippen LogP contribution in [0.15, 0.2) is 42.5 Å². The predicted octanol–water partition coefficient (Wildman–Crippen LogP) is 3.56. The second kappa shape index (κ2) is 7.16. The van der Waals surface area contributed by atoms with Crippen molar-refractivity contribution in [1.82, 2.24) is 10.6 Å². The van der Waals surface area contributed by atoms with Crippen LogP contribution < -0.4 is 15.4 Å². The van der Waals surface area contributed by atoms with Crippen molar-refractivity contribution in [2.75, 3.05) is 19.7 Å². The Kier molecular flexibility index (Phi) is 5.26. The average Bonchev–Trinajstić information content (AvgIpc) is 2.49. The number of fused-ring (bicyclic) bond motifs is 1. The largest absolute Gasteiger partial charge is 0.492 e. The summed E-state index contributed by atoms with van der Waals surface area (Å²) in [6.45, 7) is 7.80. The lowest BCUT2D eigenvalue weighted by Gasteiger charge is -2.18. The van der Waals surface area contributed by atoms with Gasteiger partial charge in [-0.3, -0.25) is 0 Å². The second-order valence-electron chi connectivity index (χ2n) is 6.53. The molecule has 0 saturated heterocycles. The Hall–Kier alpha value is -2.23. The summed E-state index contributed by atoms with van der Waals surface area (Å²) in [5, 5.41) is 7.97. The maximum Gasteiger partial charge on any atom is 0.314 e. The van der Waals surface area contributed by atoms with Gasteiger partial charge in [-0.25, -0.2) is 4.79 Å². The predicted molar refractivity (Wildman–Crippen MR) is 90.3 cm³/mol. The van der Waals surface area contributed by atoms with Crippen molar-refractivity contribution >= 4 is 16.8 Å². The molecule has 2 aromatic rings. The Morgan fingerprint density at radius 2 is 1.77 bits per heavy atom. The van der Waals surface area contributed by atoms with Gasteiger partial charge in [-0.05, 0) is 28.3 Å².